The minimum absolute atomic E-state index is 0.00203. The van der Waals surface area contributed by atoms with Gasteiger partial charge in [0, 0.05) is 24.4 Å². The average molecular weight is 530 g/mol. The largest absolute Gasteiger partial charge is 0.477 e. The molecule has 2 aromatic rings. The number of halogens is 4. The molecule has 1 aromatic heterocycles. The summed E-state index contributed by atoms with van der Waals surface area (Å²) < 4.78 is 82.3. The summed E-state index contributed by atoms with van der Waals surface area (Å²) >= 11 is 0. The number of ether oxygens (including phenoxy) is 1. The van der Waals surface area contributed by atoms with Crippen LogP contribution in [0, 0.1) is 5.82 Å². The smallest absolute Gasteiger partial charge is 0.420 e. The van der Waals surface area contributed by atoms with Crippen LogP contribution in [-0.4, -0.2) is 49.3 Å². The van der Waals surface area contributed by atoms with E-state index in [0.29, 0.717) is 18.9 Å². The van der Waals surface area contributed by atoms with Gasteiger partial charge in [0.2, 0.25) is 0 Å². The first-order chi connectivity index (χ1) is 16.6. The lowest BCUT2D eigenvalue weighted by atomic mass is 9.95. The lowest BCUT2D eigenvalue weighted by molar-refractivity contribution is -0.144. The van der Waals surface area contributed by atoms with E-state index in [-0.39, 0.29) is 23.2 Å². The zero-order chi connectivity index (χ0) is 26.5. The van der Waals surface area contributed by atoms with Crippen LogP contribution in [0.25, 0.3) is 0 Å². The Morgan fingerprint density at radius 2 is 1.75 bits per heavy atom. The molecule has 2 aliphatic heterocycles. The molecule has 0 radical (unpaired) electrons. The first kappa shape index (κ1) is 26.2. The molecule has 12 heteroatoms. The Morgan fingerprint density at radius 3 is 2.28 bits per heavy atom. The second-order valence-electron chi connectivity index (χ2n) is 9.81. The van der Waals surface area contributed by atoms with Gasteiger partial charge in [-0.25, -0.2) is 17.8 Å². The molecule has 3 atom stereocenters. The van der Waals surface area contributed by atoms with Crippen LogP contribution in [0.3, 0.4) is 0 Å². The molecule has 2 fully saturated rings. The number of nitrogens with one attached hydrogen (secondary N) is 1. The van der Waals surface area contributed by atoms with Crippen molar-refractivity contribution in [3.8, 4) is 5.75 Å². The fourth-order valence-electron chi connectivity index (χ4n) is 4.95. The van der Waals surface area contributed by atoms with Crippen molar-refractivity contribution in [1.82, 2.24) is 10.3 Å². The Hall–Kier alpha value is -2.89. The van der Waals surface area contributed by atoms with Gasteiger partial charge in [0.05, 0.1) is 11.9 Å². The first-order valence-corrected chi connectivity index (χ1v) is 13.4. The standard InChI is InChI=1S/C24H27F4N3O4S/c1-23(2,35-20-8-4-14(25)10-19(20)24(26,27)28)22(32)30-15-11-16-5-6-17(12-15)31(16)18-7-9-21(29-13-18)36(3,33)34/h4,7-10,13,15-17H,5-6,11-12H2,1-3H3,(H,30,32)/t15-,16+,17-. The van der Waals surface area contributed by atoms with Crippen LogP contribution in [0.1, 0.15) is 45.1 Å². The zero-order valence-corrected chi connectivity index (χ0v) is 20.8. The Balaban J connectivity index is 1.43. The van der Waals surface area contributed by atoms with Crippen molar-refractivity contribution < 1.29 is 35.5 Å². The summed E-state index contributed by atoms with van der Waals surface area (Å²) in [5.41, 5.74) is -2.12. The Labute approximate surface area is 206 Å². The summed E-state index contributed by atoms with van der Waals surface area (Å²) in [5.74, 6) is -2.25. The maximum absolute atomic E-state index is 13.4. The minimum Gasteiger partial charge on any atom is -0.477 e. The zero-order valence-electron chi connectivity index (χ0n) is 20.0. The number of pyridine rings is 1. The molecule has 1 amide bonds. The third-order valence-electron chi connectivity index (χ3n) is 6.63. The average Bonchev–Trinajstić information content (AvgIpc) is 3.04. The van der Waals surface area contributed by atoms with Gasteiger partial charge in [0.1, 0.15) is 17.1 Å². The van der Waals surface area contributed by atoms with Crippen molar-refractivity contribution in [3.05, 3.63) is 47.9 Å². The molecule has 0 aliphatic carbocycles. The van der Waals surface area contributed by atoms with E-state index in [9.17, 15) is 30.8 Å². The second kappa shape index (κ2) is 9.20. The number of carbonyl (C=O) groups is 1. The fourth-order valence-corrected chi connectivity index (χ4v) is 5.51. The van der Waals surface area contributed by atoms with Gasteiger partial charge < -0.3 is 15.0 Å². The highest BCUT2D eigenvalue weighted by Gasteiger charge is 2.43. The molecule has 0 spiro atoms. The van der Waals surface area contributed by atoms with Crippen LogP contribution in [0.5, 0.6) is 5.75 Å². The van der Waals surface area contributed by atoms with Crippen molar-refractivity contribution in [1.29, 1.82) is 0 Å². The van der Waals surface area contributed by atoms with E-state index in [2.05, 4.69) is 15.2 Å². The highest BCUT2D eigenvalue weighted by atomic mass is 32.2. The molecule has 0 saturated carbocycles. The third-order valence-corrected chi connectivity index (χ3v) is 7.63. The number of piperidine rings is 1. The molecule has 7 nitrogen and oxygen atoms in total. The molecule has 1 N–H and O–H groups in total. The number of anilines is 1. The normalized spacial score (nSPS) is 22.4. The summed E-state index contributed by atoms with van der Waals surface area (Å²) in [4.78, 5) is 19.3. The number of alkyl halides is 3. The highest BCUT2D eigenvalue weighted by molar-refractivity contribution is 7.90. The Morgan fingerprint density at radius 1 is 1.11 bits per heavy atom. The number of amides is 1. The van der Waals surface area contributed by atoms with E-state index in [4.69, 9.17) is 4.74 Å². The SMILES string of the molecule is CC(C)(Oc1ccc(F)cc1C(F)(F)F)C(=O)N[C@H]1C[C@H]2CC[C@@H](C1)N2c1ccc(S(C)(=O)=O)nc1. The highest BCUT2D eigenvalue weighted by Crippen LogP contribution is 2.40. The van der Waals surface area contributed by atoms with Crippen LogP contribution in [0.2, 0.25) is 0 Å². The number of fused-ring (bicyclic) bond motifs is 2. The van der Waals surface area contributed by atoms with E-state index < -0.39 is 44.7 Å². The molecular weight excluding hydrogens is 502 g/mol. The molecule has 0 unspecified atom stereocenters. The lowest BCUT2D eigenvalue weighted by Crippen LogP contribution is -2.55. The van der Waals surface area contributed by atoms with Gasteiger partial charge in [-0.3, -0.25) is 4.79 Å². The van der Waals surface area contributed by atoms with E-state index >= 15 is 0 Å². The van der Waals surface area contributed by atoms with Crippen LogP contribution < -0.4 is 15.0 Å². The number of aromatic nitrogens is 1. The fraction of sp³-hybridized carbons (Fsp3) is 0.500. The van der Waals surface area contributed by atoms with Crippen molar-refractivity contribution in [2.75, 3.05) is 11.2 Å². The summed E-state index contributed by atoms with van der Waals surface area (Å²) in [6, 6.07) is 5.24. The van der Waals surface area contributed by atoms with Gasteiger partial charge in [-0.1, -0.05) is 0 Å². The van der Waals surface area contributed by atoms with Gasteiger partial charge in [0.15, 0.2) is 20.5 Å². The molecule has 3 heterocycles. The van der Waals surface area contributed by atoms with Crippen molar-refractivity contribution in [2.45, 2.75) is 74.5 Å². The molecule has 196 valence electrons. The number of rotatable bonds is 6. The number of benzene rings is 1. The van der Waals surface area contributed by atoms with E-state index in [1.165, 1.54) is 19.9 Å². The lowest BCUT2D eigenvalue weighted by Gasteiger charge is -2.41. The molecule has 36 heavy (non-hydrogen) atoms. The number of hydrogen-bond acceptors (Lipinski definition) is 6. The van der Waals surface area contributed by atoms with Gasteiger partial charge in [0.25, 0.3) is 5.91 Å². The molecule has 2 aliphatic rings. The van der Waals surface area contributed by atoms with Gasteiger partial charge in [-0.15, -0.1) is 0 Å². The number of hydrogen-bond donors (Lipinski definition) is 1. The van der Waals surface area contributed by atoms with E-state index in [1.807, 2.05) is 0 Å². The van der Waals surface area contributed by atoms with Crippen LogP contribution in [0.4, 0.5) is 23.2 Å². The quantitative estimate of drug-likeness (QED) is 0.567. The van der Waals surface area contributed by atoms with Crippen LogP contribution in [-0.2, 0) is 20.8 Å². The molecule has 1 aromatic carbocycles. The predicted molar refractivity (Wildman–Crippen MR) is 124 cm³/mol. The summed E-state index contributed by atoms with van der Waals surface area (Å²) in [7, 11) is -3.40. The minimum atomic E-state index is -4.84. The second-order valence-corrected chi connectivity index (χ2v) is 11.8. The maximum Gasteiger partial charge on any atom is 0.420 e. The number of sulfone groups is 1. The van der Waals surface area contributed by atoms with Crippen molar-refractivity contribution in [3.63, 3.8) is 0 Å². The molecular formula is C24H27F4N3O4S. The molecule has 2 saturated heterocycles. The van der Waals surface area contributed by atoms with Gasteiger partial charge in [-0.2, -0.15) is 13.2 Å². The van der Waals surface area contributed by atoms with Gasteiger partial charge in [-0.05, 0) is 69.9 Å². The monoisotopic (exact) mass is 529 g/mol. The maximum atomic E-state index is 13.4. The number of nitrogens with zero attached hydrogens (tertiary/aromatic N) is 2. The van der Waals surface area contributed by atoms with E-state index in [0.717, 1.165) is 36.9 Å². The molecule has 2 bridgehead atoms. The van der Waals surface area contributed by atoms with Gasteiger partial charge >= 0.3 is 6.18 Å². The summed E-state index contributed by atoms with van der Waals surface area (Å²) in [6.45, 7) is 2.73. The van der Waals surface area contributed by atoms with Crippen molar-refractivity contribution >= 4 is 21.4 Å². The van der Waals surface area contributed by atoms with E-state index in [1.54, 1.807) is 12.3 Å². The van der Waals surface area contributed by atoms with Crippen LogP contribution >= 0.6 is 0 Å². The summed E-state index contributed by atoms with van der Waals surface area (Å²) in [5, 5.41) is 2.91. The molecule has 4 rings (SSSR count). The predicted octanol–water partition coefficient (Wildman–Crippen LogP) is 4.12. The van der Waals surface area contributed by atoms with Crippen molar-refractivity contribution in [2.24, 2.45) is 0 Å². The third kappa shape index (κ3) is 5.42. The Kier molecular flexibility index (Phi) is 6.69. The topological polar surface area (TPSA) is 88.6 Å². The van der Waals surface area contributed by atoms with Crippen LogP contribution in [0.15, 0.2) is 41.6 Å². The Bertz CT molecular complexity index is 1230. The first-order valence-electron chi connectivity index (χ1n) is 11.5. The summed E-state index contributed by atoms with van der Waals surface area (Å²) in [6.07, 6.45) is 0.776. The number of carbonyl (C=O) groups excluding carboxylic acids is 1.